The van der Waals surface area contributed by atoms with E-state index in [1.54, 1.807) is 0 Å². The molecule has 0 unspecified atom stereocenters. The quantitative estimate of drug-likeness (QED) is 0.0417. The van der Waals surface area contributed by atoms with Gasteiger partial charge in [0.25, 0.3) is 20.2 Å². The number of benzene rings is 3. The zero-order chi connectivity index (χ0) is 35.1. The van der Waals surface area contributed by atoms with Crippen molar-refractivity contribution in [3.63, 3.8) is 0 Å². The van der Waals surface area contributed by atoms with E-state index in [0.717, 1.165) is 24.3 Å². The smallest absolute Gasteiger partial charge is 0.397 e. The van der Waals surface area contributed by atoms with Gasteiger partial charge in [-0.3, -0.25) is 13.7 Å². The maximum atomic E-state index is 13.4. The molecule has 0 amide bonds. The molecule has 1 heterocycles. The van der Waals surface area contributed by atoms with E-state index in [2.05, 4.69) is 29.7 Å². The van der Waals surface area contributed by atoms with Gasteiger partial charge < -0.3 is 15.5 Å². The van der Waals surface area contributed by atoms with Gasteiger partial charge in [-0.25, -0.2) is 12.6 Å². The average Bonchev–Trinajstić information content (AvgIpc) is 2.90. The molecule has 0 bridgehead atoms. The van der Waals surface area contributed by atoms with E-state index in [-0.39, 0.29) is 45.4 Å². The van der Waals surface area contributed by atoms with E-state index in [4.69, 9.17) is 4.55 Å². The Kier molecular flexibility index (Phi) is 11.1. The molecular formula is C22H17CuF2N5O14S4. The van der Waals surface area contributed by atoms with Crippen molar-refractivity contribution in [2.24, 2.45) is 10.2 Å². The Morgan fingerprint density at radius 3 is 2.02 bits per heavy atom. The van der Waals surface area contributed by atoms with Gasteiger partial charge in [0.05, 0.1) is 17.3 Å². The minimum absolute atomic E-state index is 0. The number of halogens is 2. The second-order valence-corrected chi connectivity index (χ2v) is 15.0. The summed E-state index contributed by atoms with van der Waals surface area (Å²) >= 11 is 0. The first-order chi connectivity index (χ1) is 21.5. The van der Waals surface area contributed by atoms with Crippen LogP contribution in [0.5, 0.6) is 11.5 Å². The number of rotatable bonds is 11. The number of nitrogens with one attached hydrogen (secondary N) is 1. The summed E-state index contributed by atoms with van der Waals surface area (Å²) in [7, 11) is -20.4. The molecule has 3 aromatic carbocycles. The molecule has 26 heteroatoms. The Morgan fingerprint density at radius 1 is 0.792 bits per heavy atom. The molecule has 263 valence electrons. The number of phenols is 2. The first-order valence-corrected chi connectivity index (χ1v) is 17.8. The number of phenolic OH excluding ortho intramolecular Hbond substituents is 2. The molecule has 19 nitrogen and oxygen atoms in total. The van der Waals surface area contributed by atoms with Gasteiger partial charge in [-0.15, -0.1) is 10.2 Å². The molecule has 0 aliphatic carbocycles. The molecule has 1 aromatic heterocycles. The van der Waals surface area contributed by atoms with Crippen LogP contribution >= 0.6 is 0 Å². The summed E-state index contributed by atoms with van der Waals surface area (Å²) < 4.78 is 154. The number of sulfone groups is 1. The third kappa shape index (κ3) is 9.13. The monoisotopic (exact) mass is 804 g/mol. The van der Waals surface area contributed by atoms with Crippen molar-refractivity contribution in [2.45, 2.75) is 14.7 Å². The van der Waals surface area contributed by atoms with Crippen molar-refractivity contribution in [1.29, 1.82) is 0 Å². The topological polar surface area (TPSA) is 309 Å². The molecule has 0 saturated heterocycles. The van der Waals surface area contributed by atoms with Crippen LogP contribution in [0, 0.1) is 12.0 Å². The molecule has 0 fully saturated rings. The van der Waals surface area contributed by atoms with Gasteiger partial charge >= 0.3 is 16.5 Å². The van der Waals surface area contributed by atoms with Gasteiger partial charge in [0.15, 0.2) is 21.3 Å². The normalized spacial score (nSPS) is 12.7. The summed E-state index contributed by atoms with van der Waals surface area (Å²) in [5.74, 6) is -5.16. The number of anilines is 2. The maximum Gasteiger partial charge on any atom is 0.397 e. The van der Waals surface area contributed by atoms with Crippen LogP contribution in [-0.2, 0) is 61.7 Å². The molecule has 0 atom stereocenters. The Labute approximate surface area is 279 Å². The third-order valence-electron chi connectivity index (χ3n) is 5.78. The summed E-state index contributed by atoms with van der Waals surface area (Å²) in [5, 5.41) is 30.4. The van der Waals surface area contributed by atoms with Crippen LogP contribution in [0.2, 0.25) is 0 Å². The number of fused-ring (bicyclic) bond motifs is 1. The number of aromatic nitrogens is 2. The molecule has 1 radical (unpaired) electrons. The molecule has 0 spiro atoms. The number of azo groups is 1. The van der Waals surface area contributed by atoms with Gasteiger partial charge in [0.2, 0.25) is 5.95 Å². The van der Waals surface area contributed by atoms with Crippen LogP contribution in [0.4, 0.5) is 31.7 Å². The molecular weight excluding hydrogens is 788 g/mol. The summed E-state index contributed by atoms with van der Waals surface area (Å²) in [4.78, 5) is 2.58. The van der Waals surface area contributed by atoms with Crippen molar-refractivity contribution in [1.82, 2.24) is 9.97 Å². The van der Waals surface area contributed by atoms with Crippen molar-refractivity contribution in [3.8, 4) is 11.5 Å². The van der Waals surface area contributed by atoms with Gasteiger partial charge in [-0.05, 0) is 41.8 Å². The number of aromatic hydroxyl groups is 2. The summed E-state index contributed by atoms with van der Waals surface area (Å²) in [6, 6.07) is 5.78. The van der Waals surface area contributed by atoms with Crippen LogP contribution < -0.4 is 5.32 Å². The van der Waals surface area contributed by atoms with Crippen molar-refractivity contribution in [2.75, 3.05) is 17.7 Å². The Hall–Kier alpha value is -3.98. The standard InChI is InChI=1S/C22H17F2N5O14S4.Cu/c23-17-9-18(27-22(24)26-17)25-11-1-2-13-10(5-11)6-15(45(34,35)36)19(20(13)30)29-28-14-7-12(8-16(21(14)31)46(37,38)39)44(32,33)4-3-43-47(40,41)42;/h1-2,5-9,30-31H,3-4H2,(H,25,26,27)(H,34,35,36)(H,37,38,39)(H,40,41,42);. The minimum Gasteiger partial charge on any atom is -0.505 e. The van der Waals surface area contributed by atoms with Gasteiger partial charge in [-0.1, -0.05) is 0 Å². The van der Waals surface area contributed by atoms with E-state index in [9.17, 15) is 61.8 Å². The Bertz CT molecular complexity index is 2390. The predicted molar refractivity (Wildman–Crippen MR) is 152 cm³/mol. The van der Waals surface area contributed by atoms with E-state index < -0.39 is 102 Å². The van der Waals surface area contributed by atoms with Crippen molar-refractivity contribution >= 4 is 74.1 Å². The molecule has 0 aliphatic rings. The molecule has 4 aromatic rings. The SMILES string of the molecule is O=S(=O)(O)OCCS(=O)(=O)c1cc(N=Nc2c(S(=O)(=O)O)cc3cc(Nc4cc(F)nc(F)n4)ccc3c2O)c(O)c(S(=O)(=O)O)c1.[Cu]. The van der Waals surface area contributed by atoms with Crippen LogP contribution in [0.25, 0.3) is 10.8 Å². The van der Waals surface area contributed by atoms with Crippen LogP contribution in [-0.4, -0.2) is 79.9 Å². The second-order valence-electron chi connectivity index (χ2n) is 8.99. The fourth-order valence-electron chi connectivity index (χ4n) is 3.82. The molecule has 4 rings (SSSR count). The fourth-order valence-corrected chi connectivity index (χ4v) is 6.70. The molecule has 48 heavy (non-hydrogen) atoms. The van der Waals surface area contributed by atoms with Gasteiger partial charge in [0.1, 0.15) is 27.0 Å². The van der Waals surface area contributed by atoms with Gasteiger partial charge in [-0.2, -0.15) is 44.0 Å². The van der Waals surface area contributed by atoms with Crippen LogP contribution in [0.3, 0.4) is 0 Å². The summed E-state index contributed by atoms with van der Waals surface area (Å²) in [6.07, 6.45) is -1.40. The minimum atomic E-state index is -5.39. The second kappa shape index (κ2) is 13.9. The van der Waals surface area contributed by atoms with E-state index in [1.807, 2.05) is 0 Å². The predicted octanol–water partition coefficient (Wildman–Crippen LogP) is 2.56. The number of hydrogen-bond donors (Lipinski definition) is 6. The first-order valence-electron chi connectivity index (χ1n) is 11.9. The fraction of sp³-hybridized carbons (Fsp3) is 0.0909. The van der Waals surface area contributed by atoms with Gasteiger partial charge in [0, 0.05) is 34.2 Å². The van der Waals surface area contributed by atoms with E-state index >= 15 is 0 Å². The zero-order valence-corrected chi connectivity index (χ0v) is 27.1. The average molecular weight is 805 g/mol. The van der Waals surface area contributed by atoms with Crippen LogP contribution in [0.1, 0.15) is 0 Å². The summed E-state index contributed by atoms with van der Waals surface area (Å²) in [5.41, 5.74) is -2.02. The third-order valence-corrected chi connectivity index (χ3v) is 9.63. The van der Waals surface area contributed by atoms with E-state index in [0.29, 0.717) is 6.07 Å². The largest absolute Gasteiger partial charge is 0.505 e. The Morgan fingerprint density at radius 2 is 1.44 bits per heavy atom. The van der Waals surface area contributed by atoms with Crippen LogP contribution in [0.15, 0.2) is 67.4 Å². The zero-order valence-electron chi connectivity index (χ0n) is 22.8. The maximum absolute atomic E-state index is 13.4. The summed E-state index contributed by atoms with van der Waals surface area (Å²) in [6.45, 7) is -1.16. The molecule has 6 N–H and O–H groups in total. The van der Waals surface area contributed by atoms with Crippen molar-refractivity contribution in [3.05, 3.63) is 54.5 Å². The molecule has 0 saturated carbocycles. The number of hydrogen-bond acceptors (Lipinski definition) is 16. The van der Waals surface area contributed by atoms with Crippen molar-refractivity contribution < 1.29 is 87.6 Å². The molecule has 0 aliphatic heterocycles. The Balaban J connectivity index is 0.00000625. The van der Waals surface area contributed by atoms with E-state index in [1.165, 1.54) is 6.07 Å². The number of nitrogens with zero attached hydrogens (tertiary/aromatic N) is 4. The first kappa shape index (κ1) is 38.5.